The molecule has 0 unspecified atom stereocenters. The molecule has 3 amide bonds. The van der Waals surface area contributed by atoms with Crippen molar-refractivity contribution in [3.63, 3.8) is 0 Å². The number of amides is 3. The fourth-order valence-electron chi connectivity index (χ4n) is 3.46. The monoisotopic (exact) mass is 470 g/mol. The van der Waals surface area contributed by atoms with E-state index in [2.05, 4.69) is 20.9 Å². The Bertz CT molecular complexity index is 698. The van der Waals surface area contributed by atoms with Gasteiger partial charge in [0.25, 0.3) is 0 Å². The Balaban J connectivity index is 2.53. The van der Waals surface area contributed by atoms with Gasteiger partial charge < -0.3 is 43.2 Å². The van der Waals surface area contributed by atoms with E-state index in [1.54, 1.807) is 0 Å². The molecule has 0 aromatic carbocycles. The normalized spacial score (nSPS) is 17.2. The number of hydrogen-bond donors (Lipinski definition) is 7. The van der Waals surface area contributed by atoms with Crippen LogP contribution in [0.4, 0.5) is 0 Å². The van der Waals surface area contributed by atoms with Crippen molar-refractivity contribution in [2.45, 2.75) is 63.6 Å². The maximum atomic E-state index is 12.7. The summed E-state index contributed by atoms with van der Waals surface area (Å²) >= 11 is 0. The molecule has 1 saturated heterocycles. The van der Waals surface area contributed by atoms with E-state index < -0.39 is 35.9 Å². The molecular weight excluding hydrogens is 432 g/mol. The topological polar surface area (TPSA) is 218 Å². The summed E-state index contributed by atoms with van der Waals surface area (Å²) in [7, 11) is 0. The predicted molar refractivity (Wildman–Crippen MR) is 123 cm³/mol. The number of carboxylic acids is 1. The van der Waals surface area contributed by atoms with E-state index in [-0.39, 0.29) is 31.4 Å². The number of unbranched alkanes of at least 4 members (excludes halogenated alkanes) is 1. The summed E-state index contributed by atoms with van der Waals surface area (Å²) in [6, 6.07) is -2.77. The minimum atomic E-state index is -1.20. The van der Waals surface area contributed by atoms with E-state index >= 15 is 0 Å². The van der Waals surface area contributed by atoms with Gasteiger partial charge in [-0.1, -0.05) is 0 Å². The Morgan fingerprint density at radius 1 is 1.15 bits per heavy atom. The second kappa shape index (κ2) is 15.0. The van der Waals surface area contributed by atoms with Crippen molar-refractivity contribution in [2.75, 3.05) is 32.7 Å². The van der Waals surface area contributed by atoms with Crippen molar-refractivity contribution < 1.29 is 24.3 Å². The van der Waals surface area contributed by atoms with Gasteiger partial charge in [-0.05, 0) is 58.5 Å². The van der Waals surface area contributed by atoms with Crippen LogP contribution in [0, 0.1) is 0 Å². The number of nitrogens with zero attached hydrogens (tertiary/aromatic N) is 2. The van der Waals surface area contributed by atoms with Crippen molar-refractivity contribution >= 4 is 29.7 Å². The molecule has 0 saturated carbocycles. The SMILES string of the molecule is C[C@H](NC(=O)[C@@H]1CCCN1C(=O)CNCCCCN)C(=O)N[C@@H](CCCN=C(N)N)C(=O)O. The Morgan fingerprint density at radius 2 is 1.88 bits per heavy atom. The predicted octanol–water partition coefficient (Wildman–Crippen LogP) is -2.57. The number of nitrogens with two attached hydrogens (primary N) is 3. The van der Waals surface area contributed by atoms with Crippen molar-refractivity contribution in [3.8, 4) is 0 Å². The Labute approximate surface area is 193 Å². The van der Waals surface area contributed by atoms with Gasteiger partial charge in [-0.15, -0.1) is 0 Å². The summed E-state index contributed by atoms with van der Waals surface area (Å²) in [5, 5.41) is 17.4. The summed E-state index contributed by atoms with van der Waals surface area (Å²) in [4.78, 5) is 54.4. The zero-order valence-corrected chi connectivity index (χ0v) is 19.2. The second-order valence-corrected chi connectivity index (χ2v) is 8.00. The average molecular weight is 471 g/mol. The molecule has 1 heterocycles. The maximum Gasteiger partial charge on any atom is 0.326 e. The average Bonchev–Trinajstić information content (AvgIpc) is 3.25. The van der Waals surface area contributed by atoms with Gasteiger partial charge in [0.05, 0.1) is 6.54 Å². The van der Waals surface area contributed by atoms with Crippen molar-refractivity contribution in [1.82, 2.24) is 20.9 Å². The molecule has 0 aromatic heterocycles. The van der Waals surface area contributed by atoms with Crippen LogP contribution >= 0.6 is 0 Å². The smallest absolute Gasteiger partial charge is 0.326 e. The summed E-state index contributed by atoms with van der Waals surface area (Å²) in [5.74, 6) is -2.53. The molecule has 0 spiro atoms. The molecule has 1 aliphatic heterocycles. The van der Waals surface area contributed by atoms with Gasteiger partial charge in [-0.25, -0.2) is 4.79 Å². The highest BCUT2D eigenvalue weighted by Gasteiger charge is 2.35. The molecule has 3 atom stereocenters. The number of rotatable bonds is 15. The molecule has 33 heavy (non-hydrogen) atoms. The number of carbonyl (C=O) groups is 4. The fraction of sp³-hybridized carbons (Fsp3) is 0.750. The van der Waals surface area contributed by atoms with Crippen LogP contribution in [0.15, 0.2) is 4.99 Å². The summed E-state index contributed by atoms with van der Waals surface area (Å²) in [5.41, 5.74) is 15.9. The minimum Gasteiger partial charge on any atom is -0.480 e. The van der Waals surface area contributed by atoms with Crippen LogP contribution in [-0.4, -0.2) is 90.5 Å². The van der Waals surface area contributed by atoms with E-state index in [0.717, 1.165) is 12.8 Å². The first kappa shape index (κ1) is 28.1. The van der Waals surface area contributed by atoms with Gasteiger partial charge in [0.1, 0.15) is 18.1 Å². The number of nitrogens with one attached hydrogen (secondary N) is 3. The van der Waals surface area contributed by atoms with E-state index in [1.807, 2.05) is 0 Å². The molecule has 1 rings (SSSR count). The van der Waals surface area contributed by atoms with Crippen LogP contribution in [0.2, 0.25) is 0 Å². The number of hydrogen-bond acceptors (Lipinski definition) is 7. The maximum absolute atomic E-state index is 12.7. The third-order valence-corrected chi connectivity index (χ3v) is 5.27. The molecule has 1 aliphatic rings. The van der Waals surface area contributed by atoms with Crippen LogP contribution in [0.25, 0.3) is 0 Å². The summed E-state index contributed by atoms with van der Waals surface area (Å²) in [6.07, 6.45) is 3.41. The molecule has 0 aliphatic carbocycles. The number of carbonyl (C=O) groups excluding carboxylic acids is 3. The van der Waals surface area contributed by atoms with Crippen molar-refractivity contribution in [2.24, 2.45) is 22.2 Å². The lowest BCUT2D eigenvalue weighted by atomic mass is 10.1. The number of carboxylic acid groups (broad SMARTS) is 1. The van der Waals surface area contributed by atoms with Crippen LogP contribution in [0.3, 0.4) is 0 Å². The third kappa shape index (κ3) is 10.5. The molecule has 0 radical (unpaired) electrons. The molecule has 13 nitrogen and oxygen atoms in total. The Hall–Kier alpha value is -2.93. The summed E-state index contributed by atoms with van der Waals surface area (Å²) in [6.45, 7) is 3.57. The Kier molecular flexibility index (Phi) is 12.8. The van der Waals surface area contributed by atoms with Crippen molar-refractivity contribution in [3.05, 3.63) is 0 Å². The third-order valence-electron chi connectivity index (χ3n) is 5.27. The van der Waals surface area contributed by atoms with Gasteiger partial charge in [-0.3, -0.25) is 19.4 Å². The molecule has 10 N–H and O–H groups in total. The van der Waals surface area contributed by atoms with Crippen LogP contribution < -0.4 is 33.2 Å². The lowest BCUT2D eigenvalue weighted by molar-refractivity contribution is -0.142. The van der Waals surface area contributed by atoms with Crippen LogP contribution in [0.5, 0.6) is 0 Å². The van der Waals surface area contributed by atoms with Crippen LogP contribution in [0.1, 0.15) is 45.4 Å². The standard InChI is InChI=1S/C20H38N8O5/c1-13(17(30)27-14(19(32)33)6-4-10-25-20(22)23)26-18(31)15-7-5-11-28(15)16(29)12-24-9-3-2-8-21/h13-15,24H,2-12,21H2,1H3,(H,26,31)(H,27,30)(H,32,33)(H4,22,23,25)/t13-,14-,15-/m0/s1. The molecule has 13 heteroatoms. The van der Waals surface area contributed by atoms with Gasteiger partial charge in [-0.2, -0.15) is 0 Å². The highest BCUT2D eigenvalue weighted by atomic mass is 16.4. The van der Waals surface area contributed by atoms with Gasteiger partial charge >= 0.3 is 5.97 Å². The highest BCUT2D eigenvalue weighted by Crippen LogP contribution is 2.17. The first-order valence-corrected chi connectivity index (χ1v) is 11.3. The number of aliphatic carboxylic acids is 1. The van der Waals surface area contributed by atoms with E-state index in [4.69, 9.17) is 17.2 Å². The quantitative estimate of drug-likeness (QED) is 0.0758. The van der Waals surface area contributed by atoms with Crippen LogP contribution in [-0.2, 0) is 19.2 Å². The second-order valence-electron chi connectivity index (χ2n) is 8.00. The van der Waals surface area contributed by atoms with Gasteiger partial charge in [0.15, 0.2) is 5.96 Å². The number of guanidine groups is 1. The molecule has 0 aromatic rings. The Morgan fingerprint density at radius 3 is 2.52 bits per heavy atom. The zero-order chi connectivity index (χ0) is 24.8. The van der Waals surface area contributed by atoms with E-state index in [9.17, 15) is 24.3 Å². The van der Waals surface area contributed by atoms with Gasteiger partial charge in [0, 0.05) is 13.1 Å². The lowest BCUT2D eigenvalue weighted by Crippen LogP contribution is -2.54. The zero-order valence-electron chi connectivity index (χ0n) is 19.2. The van der Waals surface area contributed by atoms with Gasteiger partial charge in [0.2, 0.25) is 17.7 Å². The molecule has 1 fully saturated rings. The first-order chi connectivity index (χ1) is 15.7. The number of aliphatic imine (C=N–C) groups is 1. The fourth-order valence-corrected chi connectivity index (χ4v) is 3.46. The lowest BCUT2D eigenvalue weighted by Gasteiger charge is -2.26. The highest BCUT2D eigenvalue weighted by molar-refractivity contribution is 5.93. The minimum absolute atomic E-state index is 0.0935. The van der Waals surface area contributed by atoms with E-state index in [0.29, 0.717) is 38.9 Å². The molecule has 188 valence electrons. The van der Waals surface area contributed by atoms with Crippen molar-refractivity contribution in [1.29, 1.82) is 0 Å². The summed E-state index contributed by atoms with van der Waals surface area (Å²) < 4.78 is 0. The first-order valence-electron chi connectivity index (χ1n) is 11.3. The van der Waals surface area contributed by atoms with E-state index in [1.165, 1.54) is 11.8 Å². The molecule has 0 bridgehead atoms. The number of likely N-dealkylation sites (tertiary alicyclic amines) is 1. The molecular formula is C20H38N8O5. The largest absolute Gasteiger partial charge is 0.480 e.